The molecule has 0 saturated carbocycles. The Morgan fingerprint density at radius 1 is 0.370 bits per heavy atom. The second-order valence-corrected chi connectivity index (χ2v) is 12.7. The number of carbonyl (C=O) groups excluding carboxylic acids is 3. The first-order chi connectivity index (χ1) is 26.3. The average Bonchev–Trinajstić information content (AvgIpc) is 3.25. The summed E-state index contributed by atoms with van der Waals surface area (Å²) in [7, 11) is 5.02. The molecule has 0 aliphatic rings. The van der Waals surface area contributed by atoms with Crippen LogP contribution >= 0.6 is 0 Å². The average molecular weight is 709 g/mol. The van der Waals surface area contributed by atoms with Crippen LogP contribution in [-0.2, 0) is 0 Å². The van der Waals surface area contributed by atoms with Crippen LogP contribution in [0.3, 0.4) is 0 Å². The molecule has 9 heteroatoms. The molecule has 0 fully saturated rings. The molecule has 0 N–H and O–H groups in total. The van der Waals surface area contributed by atoms with Crippen LogP contribution in [0.1, 0.15) is 31.1 Å². The molecular weight excluding hydrogens is 673 g/mol. The van der Waals surface area contributed by atoms with E-state index in [1.165, 1.54) is 14.7 Å². The molecule has 264 valence electrons. The number of hydrogen-bond acceptors (Lipinski definition) is 6. The van der Waals surface area contributed by atoms with Crippen LogP contribution < -0.4 is 14.7 Å². The first-order valence-corrected chi connectivity index (χ1v) is 17.3. The molecule has 3 heterocycles. The van der Waals surface area contributed by atoms with Gasteiger partial charge in [0.15, 0.2) is 0 Å². The van der Waals surface area contributed by atoms with Crippen molar-refractivity contribution in [3.8, 4) is 33.8 Å². The molecule has 54 heavy (non-hydrogen) atoms. The summed E-state index contributed by atoms with van der Waals surface area (Å²) in [6.45, 7) is 0. The van der Waals surface area contributed by atoms with Gasteiger partial charge in [0.25, 0.3) is 17.7 Å². The molecule has 0 saturated heterocycles. The van der Waals surface area contributed by atoms with Crippen LogP contribution in [0.25, 0.3) is 33.8 Å². The minimum Gasteiger partial charge on any atom is -0.311 e. The second-order valence-electron chi connectivity index (χ2n) is 12.7. The zero-order valence-electron chi connectivity index (χ0n) is 30.0. The van der Waals surface area contributed by atoms with Gasteiger partial charge in [-0.1, -0.05) is 54.6 Å². The number of nitrogens with zero attached hydrogens (tertiary/aromatic N) is 6. The van der Waals surface area contributed by atoms with Gasteiger partial charge in [-0.05, 0) is 91.0 Å². The first kappa shape index (κ1) is 35.2. The molecule has 0 bridgehead atoms. The first-order valence-electron chi connectivity index (χ1n) is 17.3. The Hall–Kier alpha value is -7.26. The molecule has 3 aromatic heterocycles. The summed E-state index contributed by atoms with van der Waals surface area (Å²) >= 11 is 0. The van der Waals surface area contributed by atoms with Crippen molar-refractivity contribution < 1.29 is 14.4 Å². The van der Waals surface area contributed by atoms with Gasteiger partial charge in [0.1, 0.15) is 0 Å². The fraction of sp³-hybridized carbons (Fsp3) is 0.0667. The number of hydrogen-bond donors (Lipinski definition) is 0. The minimum atomic E-state index is -0.260. The van der Waals surface area contributed by atoms with Crippen molar-refractivity contribution in [1.29, 1.82) is 0 Å². The third kappa shape index (κ3) is 7.51. The van der Waals surface area contributed by atoms with Crippen LogP contribution in [0, 0.1) is 0 Å². The van der Waals surface area contributed by atoms with Gasteiger partial charge in [-0.15, -0.1) is 0 Å². The summed E-state index contributed by atoms with van der Waals surface area (Å²) in [5.41, 5.74) is 7.99. The van der Waals surface area contributed by atoms with Gasteiger partial charge in [0, 0.05) is 90.2 Å². The predicted octanol–water partition coefficient (Wildman–Crippen LogP) is 8.70. The highest BCUT2D eigenvalue weighted by molar-refractivity contribution is 6.10. The SMILES string of the molecule is CN(C(=O)c1ccc(-c2ccccn2)cc1)c1cc(N(C)C(=O)c2ccc(-c3ccccn3)cc2)cc(N(C)C(=O)c2ccc(-c3ccccn3)cc2)c1. The zero-order valence-corrected chi connectivity index (χ0v) is 30.0. The summed E-state index contributed by atoms with van der Waals surface area (Å²) in [4.78, 5) is 59.5. The van der Waals surface area contributed by atoms with Crippen molar-refractivity contribution in [2.75, 3.05) is 35.8 Å². The van der Waals surface area contributed by atoms with E-state index in [0.717, 1.165) is 33.8 Å². The summed E-state index contributed by atoms with van der Waals surface area (Å²) in [6, 6.07) is 44.1. The third-order valence-electron chi connectivity index (χ3n) is 9.24. The molecule has 0 aliphatic heterocycles. The van der Waals surface area contributed by atoms with Crippen molar-refractivity contribution in [2.24, 2.45) is 0 Å². The molecule has 7 aromatic rings. The molecule has 0 unspecified atom stereocenters. The van der Waals surface area contributed by atoms with Crippen molar-refractivity contribution in [1.82, 2.24) is 15.0 Å². The summed E-state index contributed by atoms with van der Waals surface area (Å²) in [5.74, 6) is -0.781. The third-order valence-corrected chi connectivity index (χ3v) is 9.24. The maximum atomic E-state index is 13.9. The van der Waals surface area contributed by atoms with E-state index in [9.17, 15) is 14.4 Å². The van der Waals surface area contributed by atoms with E-state index in [-0.39, 0.29) is 17.7 Å². The standard InChI is InChI=1S/C45H36N6O3/c1-49(43(52)34-19-13-31(14-20-34)40-10-4-7-25-46-40)37-28-38(50(2)44(53)35-21-15-32(16-22-35)41-11-5-8-26-47-41)30-39(29-37)51(3)45(54)36-23-17-33(18-24-36)42-12-6-9-27-48-42/h4-30H,1-3H3. The van der Waals surface area contributed by atoms with Crippen LogP contribution in [0.2, 0.25) is 0 Å². The molecule has 0 aliphatic carbocycles. The van der Waals surface area contributed by atoms with E-state index >= 15 is 0 Å². The topological polar surface area (TPSA) is 99.6 Å². The Balaban J connectivity index is 1.20. The Labute approximate surface area is 313 Å². The molecule has 0 spiro atoms. The molecular formula is C45H36N6O3. The minimum absolute atomic E-state index is 0.260. The smallest absolute Gasteiger partial charge is 0.258 e. The lowest BCUT2D eigenvalue weighted by Gasteiger charge is -2.26. The van der Waals surface area contributed by atoms with Crippen molar-refractivity contribution in [2.45, 2.75) is 0 Å². The number of anilines is 3. The number of benzene rings is 4. The van der Waals surface area contributed by atoms with Crippen molar-refractivity contribution in [3.63, 3.8) is 0 Å². The van der Waals surface area contributed by atoms with E-state index in [4.69, 9.17) is 0 Å². The fourth-order valence-corrected chi connectivity index (χ4v) is 6.04. The Morgan fingerprint density at radius 2 is 0.630 bits per heavy atom. The highest BCUT2D eigenvalue weighted by atomic mass is 16.2. The van der Waals surface area contributed by atoms with Crippen LogP contribution in [0.5, 0.6) is 0 Å². The lowest BCUT2D eigenvalue weighted by Crippen LogP contribution is -2.30. The van der Waals surface area contributed by atoms with E-state index in [1.807, 2.05) is 91.0 Å². The molecule has 7 rings (SSSR count). The highest BCUT2D eigenvalue weighted by Gasteiger charge is 2.22. The van der Waals surface area contributed by atoms with E-state index in [1.54, 1.807) is 94.3 Å². The van der Waals surface area contributed by atoms with Crippen molar-refractivity contribution in [3.05, 3.63) is 181 Å². The Bertz CT molecular complexity index is 2120. The van der Waals surface area contributed by atoms with Crippen LogP contribution in [-0.4, -0.2) is 53.8 Å². The van der Waals surface area contributed by atoms with Crippen LogP contribution in [0.4, 0.5) is 17.1 Å². The van der Waals surface area contributed by atoms with Crippen molar-refractivity contribution >= 4 is 34.8 Å². The van der Waals surface area contributed by atoms with E-state index < -0.39 is 0 Å². The van der Waals surface area contributed by atoms with E-state index in [0.29, 0.717) is 33.8 Å². The molecule has 0 atom stereocenters. The van der Waals surface area contributed by atoms with Gasteiger partial charge >= 0.3 is 0 Å². The maximum absolute atomic E-state index is 13.9. The number of pyridine rings is 3. The lowest BCUT2D eigenvalue weighted by atomic mass is 10.1. The monoisotopic (exact) mass is 708 g/mol. The van der Waals surface area contributed by atoms with Gasteiger partial charge < -0.3 is 14.7 Å². The number of amides is 3. The van der Waals surface area contributed by atoms with Crippen LogP contribution in [0.15, 0.2) is 164 Å². The quantitative estimate of drug-likeness (QED) is 0.149. The summed E-state index contributed by atoms with van der Waals surface area (Å²) in [6.07, 6.45) is 5.18. The summed E-state index contributed by atoms with van der Waals surface area (Å²) in [5, 5.41) is 0. The molecule has 9 nitrogen and oxygen atoms in total. The highest BCUT2D eigenvalue weighted by Crippen LogP contribution is 2.32. The molecule has 0 radical (unpaired) electrons. The zero-order chi connectivity index (χ0) is 37.6. The molecule has 3 amide bonds. The second kappa shape index (κ2) is 15.5. The lowest BCUT2D eigenvalue weighted by molar-refractivity contribution is 0.0986. The van der Waals surface area contributed by atoms with Gasteiger partial charge in [0.05, 0.1) is 17.1 Å². The summed E-state index contributed by atoms with van der Waals surface area (Å²) < 4.78 is 0. The number of aromatic nitrogens is 3. The number of carbonyl (C=O) groups is 3. The van der Waals surface area contributed by atoms with Gasteiger partial charge in [-0.3, -0.25) is 29.3 Å². The number of rotatable bonds is 9. The van der Waals surface area contributed by atoms with Gasteiger partial charge in [-0.2, -0.15) is 0 Å². The normalized spacial score (nSPS) is 10.7. The van der Waals surface area contributed by atoms with Gasteiger partial charge in [-0.25, -0.2) is 0 Å². The Morgan fingerprint density at radius 3 is 0.852 bits per heavy atom. The molecule has 4 aromatic carbocycles. The van der Waals surface area contributed by atoms with E-state index in [2.05, 4.69) is 15.0 Å². The van der Waals surface area contributed by atoms with Gasteiger partial charge in [0.2, 0.25) is 0 Å². The maximum Gasteiger partial charge on any atom is 0.258 e. The largest absolute Gasteiger partial charge is 0.311 e. The predicted molar refractivity (Wildman–Crippen MR) is 214 cm³/mol. The fourth-order valence-electron chi connectivity index (χ4n) is 6.04. The Kier molecular flexibility index (Phi) is 10.1.